The number of thioether (sulfide) groups is 1. The highest BCUT2D eigenvalue weighted by atomic mass is 32.2. The Morgan fingerprint density at radius 2 is 2.12 bits per heavy atom. The zero-order valence-electron chi connectivity index (χ0n) is 15.3. The first-order chi connectivity index (χ1) is 11.9. The molecule has 0 saturated carbocycles. The van der Waals surface area contributed by atoms with Crippen LogP contribution in [0.15, 0.2) is 34.6 Å². The Balaban J connectivity index is 1.97. The number of hydrogen-bond acceptors (Lipinski definition) is 4. The normalized spacial score (nSPS) is 11.1. The van der Waals surface area contributed by atoms with Gasteiger partial charge in [-0.3, -0.25) is 9.59 Å². The summed E-state index contributed by atoms with van der Waals surface area (Å²) in [5.74, 6) is 0.903. The van der Waals surface area contributed by atoms with Crippen LogP contribution in [-0.4, -0.2) is 32.3 Å². The molecule has 0 aliphatic carbocycles. The number of pyridine rings is 1. The van der Waals surface area contributed by atoms with Crippen molar-refractivity contribution in [3.8, 4) is 0 Å². The van der Waals surface area contributed by atoms with Gasteiger partial charge in [0, 0.05) is 44.5 Å². The SMILES string of the molecule is Cc1ccn(CCC(C)C)c(=O)c1C(=O)NCCSc1nccn1C. The predicted molar refractivity (Wildman–Crippen MR) is 101 cm³/mol. The molecule has 0 unspecified atom stereocenters. The molecule has 0 aliphatic heterocycles. The molecule has 7 heteroatoms. The number of hydrogen-bond donors (Lipinski definition) is 1. The van der Waals surface area contributed by atoms with E-state index in [4.69, 9.17) is 0 Å². The van der Waals surface area contributed by atoms with E-state index in [0.29, 0.717) is 30.3 Å². The molecule has 1 amide bonds. The number of rotatable bonds is 8. The molecular weight excluding hydrogens is 336 g/mol. The molecule has 6 nitrogen and oxygen atoms in total. The van der Waals surface area contributed by atoms with Gasteiger partial charge < -0.3 is 14.5 Å². The van der Waals surface area contributed by atoms with Crippen LogP contribution < -0.4 is 10.9 Å². The summed E-state index contributed by atoms with van der Waals surface area (Å²) in [6, 6.07) is 1.83. The topological polar surface area (TPSA) is 68.9 Å². The van der Waals surface area contributed by atoms with Crippen molar-refractivity contribution in [3.63, 3.8) is 0 Å². The third-order valence-electron chi connectivity index (χ3n) is 3.94. The van der Waals surface area contributed by atoms with Crippen LogP contribution in [0.2, 0.25) is 0 Å². The first-order valence-corrected chi connectivity index (χ1v) is 9.47. The fraction of sp³-hybridized carbons (Fsp3) is 0.500. The van der Waals surface area contributed by atoms with E-state index in [1.54, 1.807) is 35.6 Å². The highest BCUT2D eigenvalue weighted by Gasteiger charge is 2.15. The number of aryl methyl sites for hydroxylation is 3. The van der Waals surface area contributed by atoms with Gasteiger partial charge in [0.05, 0.1) is 0 Å². The Bertz CT molecular complexity index is 780. The van der Waals surface area contributed by atoms with Crippen LogP contribution in [0, 0.1) is 12.8 Å². The van der Waals surface area contributed by atoms with Crippen molar-refractivity contribution in [2.45, 2.75) is 38.9 Å². The molecular formula is C18H26N4O2S. The molecule has 0 atom stereocenters. The number of amides is 1. The summed E-state index contributed by atoms with van der Waals surface area (Å²) in [7, 11) is 1.93. The molecule has 0 bridgehead atoms. The minimum Gasteiger partial charge on any atom is -0.351 e. The summed E-state index contributed by atoms with van der Waals surface area (Å²) >= 11 is 1.57. The third kappa shape index (κ3) is 5.22. The average molecular weight is 362 g/mol. The van der Waals surface area contributed by atoms with Crippen molar-refractivity contribution in [1.82, 2.24) is 19.4 Å². The van der Waals surface area contributed by atoms with Crippen LogP contribution in [0.4, 0.5) is 0 Å². The highest BCUT2D eigenvalue weighted by Crippen LogP contribution is 2.13. The molecule has 0 spiro atoms. The lowest BCUT2D eigenvalue weighted by Crippen LogP contribution is -2.35. The lowest BCUT2D eigenvalue weighted by Gasteiger charge is -2.12. The van der Waals surface area contributed by atoms with Gasteiger partial charge in [-0.25, -0.2) is 4.98 Å². The van der Waals surface area contributed by atoms with Gasteiger partial charge >= 0.3 is 0 Å². The number of imidazole rings is 1. The first-order valence-electron chi connectivity index (χ1n) is 8.48. The van der Waals surface area contributed by atoms with Gasteiger partial charge in [0.2, 0.25) is 0 Å². The van der Waals surface area contributed by atoms with Crippen molar-refractivity contribution < 1.29 is 4.79 Å². The summed E-state index contributed by atoms with van der Waals surface area (Å²) < 4.78 is 3.56. The van der Waals surface area contributed by atoms with Gasteiger partial charge in [0.25, 0.3) is 11.5 Å². The maximum Gasteiger partial charge on any atom is 0.263 e. The molecule has 0 aliphatic rings. The predicted octanol–water partition coefficient (Wildman–Crippen LogP) is 2.46. The zero-order chi connectivity index (χ0) is 18.4. The minimum atomic E-state index is -0.304. The van der Waals surface area contributed by atoms with E-state index in [-0.39, 0.29) is 17.0 Å². The molecule has 0 aromatic carbocycles. The van der Waals surface area contributed by atoms with Crippen LogP contribution in [0.25, 0.3) is 0 Å². The van der Waals surface area contributed by atoms with Crippen LogP contribution in [0.5, 0.6) is 0 Å². The number of nitrogens with zero attached hydrogens (tertiary/aromatic N) is 3. The maximum atomic E-state index is 12.6. The Kier molecular flexibility index (Phi) is 6.87. The van der Waals surface area contributed by atoms with Crippen LogP contribution in [-0.2, 0) is 13.6 Å². The smallest absolute Gasteiger partial charge is 0.263 e. The summed E-state index contributed by atoms with van der Waals surface area (Å²) in [4.78, 5) is 29.3. The van der Waals surface area contributed by atoms with Crippen molar-refractivity contribution in [3.05, 3.63) is 46.1 Å². The summed E-state index contributed by atoms with van der Waals surface area (Å²) in [5.41, 5.74) is 0.739. The van der Waals surface area contributed by atoms with Crippen molar-refractivity contribution >= 4 is 17.7 Å². The van der Waals surface area contributed by atoms with Gasteiger partial charge in [-0.1, -0.05) is 25.6 Å². The summed E-state index contributed by atoms with van der Waals surface area (Å²) in [6.45, 7) is 7.14. The van der Waals surface area contributed by atoms with Gasteiger partial charge in [0.15, 0.2) is 5.16 Å². The minimum absolute atomic E-state index is 0.213. The van der Waals surface area contributed by atoms with Gasteiger partial charge in [-0.15, -0.1) is 0 Å². The van der Waals surface area contributed by atoms with E-state index in [1.165, 1.54) is 0 Å². The monoisotopic (exact) mass is 362 g/mol. The van der Waals surface area contributed by atoms with Crippen molar-refractivity contribution in [2.75, 3.05) is 12.3 Å². The second-order valence-corrected chi connectivity index (χ2v) is 7.54. The van der Waals surface area contributed by atoms with E-state index in [9.17, 15) is 9.59 Å². The van der Waals surface area contributed by atoms with E-state index >= 15 is 0 Å². The van der Waals surface area contributed by atoms with Crippen LogP contribution in [0.1, 0.15) is 36.2 Å². The summed E-state index contributed by atoms with van der Waals surface area (Å²) in [6.07, 6.45) is 6.31. The molecule has 2 aromatic heterocycles. The standard InChI is InChI=1S/C18H26N4O2S/c1-13(2)5-9-22-10-6-14(3)15(17(22)24)16(23)19-8-12-25-18-20-7-11-21(18)4/h6-7,10-11,13H,5,8-9,12H2,1-4H3,(H,19,23). The second kappa shape index (κ2) is 8.89. The fourth-order valence-corrected chi connectivity index (χ4v) is 3.19. The molecule has 2 aromatic rings. The molecule has 0 radical (unpaired) electrons. The Labute approximate surface area is 152 Å². The van der Waals surface area contributed by atoms with Crippen LogP contribution >= 0.6 is 11.8 Å². The molecule has 0 fully saturated rings. The van der Waals surface area contributed by atoms with Crippen LogP contribution in [0.3, 0.4) is 0 Å². The number of aromatic nitrogens is 3. The van der Waals surface area contributed by atoms with Crippen molar-refractivity contribution in [2.24, 2.45) is 13.0 Å². The Morgan fingerprint density at radius 3 is 2.76 bits per heavy atom. The third-order valence-corrected chi connectivity index (χ3v) is 5.00. The lowest BCUT2D eigenvalue weighted by molar-refractivity contribution is 0.0953. The largest absolute Gasteiger partial charge is 0.351 e. The Morgan fingerprint density at radius 1 is 1.36 bits per heavy atom. The molecule has 25 heavy (non-hydrogen) atoms. The lowest BCUT2D eigenvalue weighted by atomic mass is 10.1. The molecule has 136 valence electrons. The zero-order valence-corrected chi connectivity index (χ0v) is 16.1. The number of nitrogens with one attached hydrogen (secondary N) is 1. The highest BCUT2D eigenvalue weighted by molar-refractivity contribution is 7.99. The van der Waals surface area contributed by atoms with E-state index in [0.717, 1.165) is 11.6 Å². The number of carbonyl (C=O) groups excluding carboxylic acids is 1. The van der Waals surface area contributed by atoms with Gasteiger partial charge in [0.1, 0.15) is 5.56 Å². The first kappa shape index (κ1) is 19.3. The molecule has 1 N–H and O–H groups in total. The molecule has 0 saturated heterocycles. The average Bonchev–Trinajstić information content (AvgIpc) is 2.96. The second-order valence-electron chi connectivity index (χ2n) is 6.48. The van der Waals surface area contributed by atoms with Gasteiger partial charge in [-0.2, -0.15) is 0 Å². The van der Waals surface area contributed by atoms with E-state index in [2.05, 4.69) is 24.1 Å². The summed E-state index contributed by atoms with van der Waals surface area (Å²) in [5, 5.41) is 3.75. The Hall–Kier alpha value is -2.02. The van der Waals surface area contributed by atoms with E-state index < -0.39 is 0 Å². The number of carbonyl (C=O) groups is 1. The van der Waals surface area contributed by atoms with Crippen molar-refractivity contribution in [1.29, 1.82) is 0 Å². The van der Waals surface area contributed by atoms with Gasteiger partial charge in [-0.05, 0) is 30.9 Å². The maximum absolute atomic E-state index is 12.6. The van der Waals surface area contributed by atoms with E-state index in [1.807, 2.05) is 23.9 Å². The fourth-order valence-electron chi connectivity index (χ4n) is 2.40. The molecule has 2 rings (SSSR count). The quantitative estimate of drug-likeness (QED) is 0.578. The molecule has 2 heterocycles.